The van der Waals surface area contributed by atoms with Crippen molar-refractivity contribution in [2.24, 2.45) is 0 Å². The minimum atomic E-state index is -4.70. The summed E-state index contributed by atoms with van der Waals surface area (Å²) in [6.07, 6.45) is -6.22. The second-order valence-corrected chi connectivity index (χ2v) is 4.18. The molecule has 1 rings (SSSR count). The Labute approximate surface area is 83.8 Å². The first-order valence-electron chi connectivity index (χ1n) is 3.92. The minimum absolute atomic E-state index is 0.722. The molecule has 0 amide bonds. The number of hydrogen-bond acceptors (Lipinski definition) is 6. The molecule has 1 aliphatic heterocycles. The first-order chi connectivity index (χ1) is 6.85. The molecule has 2 unspecified atom stereocenters. The van der Waals surface area contributed by atoms with Crippen LogP contribution in [0.2, 0.25) is 0 Å². The van der Waals surface area contributed by atoms with E-state index in [1.165, 1.54) is 5.48 Å². The van der Waals surface area contributed by atoms with E-state index in [-0.39, 0.29) is 0 Å². The number of aliphatic hydroxyl groups excluding tert-OH is 1. The lowest BCUT2D eigenvalue weighted by Crippen LogP contribution is -2.37. The highest BCUT2D eigenvalue weighted by molar-refractivity contribution is 7.46. The van der Waals surface area contributed by atoms with Gasteiger partial charge in [-0.2, -0.15) is 5.48 Å². The van der Waals surface area contributed by atoms with Gasteiger partial charge in [0.1, 0.15) is 12.2 Å². The highest BCUT2D eigenvalue weighted by Gasteiger charge is 2.44. The van der Waals surface area contributed by atoms with E-state index >= 15 is 0 Å². The molecule has 15 heavy (non-hydrogen) atoms. The van der Waals surface area contributed by atoms with Gasteiger partial charge in [-0.1, -0.05) is 0 Å². The van der Waals surface area contributed by atoms with Gasteiger partial charge in [0.25, 0.3) is 0 Å². The molecule has 0 spiro atoms. The Morgan fingerprint density at radius 1 is 1.53 bits per heavy atom. The molecule has 0 aromatic heterocycles. The molecule has 0 bridgehead atoms. The van der Waals surface area contributed by atoms with Gasteiger partial charge in [-0.05, 0) is 0 Å². The third-order valence-corrected chi connectivity index (χ3v) is 2.33. The molecule has 1 heterocycles. The van der Waals surface area contributed by atoms with Crippen LogP contribution in [0.15, 0.2) is 0 Å². The van der Waals surface area contributed by atoms with E-state index in [2.05, 4.69) is 9.26 Å². The van der Waals surface area contributed by atoms with Crippen molar-refractivity contribution in [1.29, 1.82) is 0 Å². The molecular formula is C5H11FNO7P. The molecule has 0 radical (unpaired) electrons. The van der Waals surface area contributed by atoms with E-state index in [1.54, 1.807) is 0 Å². The van der Waals surface area contributed by atoms with E-state index < -0.39 is 39.0 Å². The highest BCUT2D eigenvalue weighted by atomic mass is 31.2. The predicted molar refractivity (Wildman–Crippen MR) is 42.5 cm³/mol. The van der Waals surface area contributed by atoms with Gasteiger partial charge in [-0.25, -0.2) is 8.96 Å². The van der Waals surface area contributed by atoms with E-state index in [4.69, 9.17) is 20.1 Å². The van der Waals surface area contributed by atoms with Crippen LogP contribution in [0.5, 0.6) is 0 Å². The van der Waals surface area contributed by atoms with E-state index in [0.29, 0.717) is 0 Å². The van der Waals surface area contributed by atoms with Crippen molar-refractivity contribution >= 4 is 7.82 Å². The van der Waals surface area contributed by atoms with Crippen LogP contribution in [0.3, 0.4) is 0 Å². The normalized spacial score (nSPS) is 37.1. The summed E-state index contributed by atoms with van der Waals surface area (Å²) in [5.74, 6) is 0. The first kappa shape index (κ1) is 12.9. The highest BCUT2D eigenvalue weighted by Crippen LogP contribution is 2.37. The number of alkyl halides is 1. The number of aliphatic hydroxyl groups is 1. The van der Waals surface area contributed by atoms with Gasteiger partial charge < -0.3 is 24.8 Å². The van der Waals surface area contributed by atoms with Crippen LogP contribution in [0, 0.1) is 0 Å². The largest absolute Gasteiger partial charge is 0.469 e. The topological polar surface area (TPSA) is 128 Å². The molecule has 90 valence electrons. The van der Waals surface area contributed by atoms with Crippen molar-refractivity contribution in [1.82, 2.24) is 5.48 Å². The Kier molecular flexibility index (Phi) is 4.15. The van der Waals surface area contributed by atoms with Crippen LogP contribution in [0.1, 0.15) is 0 Å². The molecule has 0 aliphatic carbocycles. The number of phosphoric acid groups is 1. The molecule has 0 saturated carbocycles. The fraction of sp³-hybridized carbons (Fsp3) is 1.00. The molecule has 8 nitrogen and oxygen atoms in total. The summed E-state index contributed by atoms with van der Waals surface area (Å²) in [5, 5.41) is 17.5. The van der Waals surface area contributed by atoms with Crippen molar-refractivity contribution in [3.8, 4) is 0 Å². The zero-order valence-electron chi connectivity index (χ0n) is 7.36. The van der Waals surface area contributed by atoms with Crippen LogP contribution < -0.4 is 5.48 Å². The fourth-order valence-electron chi connectivity index (χ4n) is 1.14. The molecule has 1 saturated heterocycles. The second-order valence-electron chi connectivity index (χ2n) is 2.95. The zero-order chi connectivity index (χ0) is 11.6. The Morgan fingerprint density at radius 3 is 2.53 bits per heavy atom. The van der Waals surface area contributed by atoms with Gasteiger partial charge in [-0.15, -0.1) is 0 Å². The second kappa shape index (κ2) is 4.81. The van der Waals surface area contributed by atoms with Crippen LogP contribution in [0.4, 0.5) is 4.39 Å². The fourth-order valence-corrected chi connectivity index (χ4v) is 1.48. The average molecular weight is 247 g/mol. The minimum Gasteiger partial charge on any atom is -0.386 e. The van der Waals surface area contributed by atoms with Gasteiger partial charge in [0.15, 0.2) is 12.4 Å². The van der Waals surface area contributed by atoms with E-state index in [9.17, 15) is 8.96 Å². The summed E-state index contributed by atoms with van der Waals surface area (Å²) in [7, 11) is -4.70. The van der Waals surface area contributed by atoms with Gasteiger partial charge >= 0.3 is 7.82 Å². The summed E-state index contributed by atoms with van der Waals surface area (Å²) >= 11 is 0. The van der Waals surface area contributed by atoms with Gasteiger partial charge in [-0.3, -0.25) is 4.52 Å². The van der Waals surface area contributed by atoms with Crippen LogP contribution >= 0.6 is 7.82 Å². The molecular weight excluding hydrogens is 236 g/mol. The summed E-state index contributed by atoms with van der Waals surface area (Å²) in [6, 6.07) is 0. The summed E-state index contributed by atoms with van der Waals surface area (Å²) < 4.78 is 32.1. The molecule has 4 atom stereocenters. The lowest BCUT2D eigenvalue weighted by molar-refractivity contribution is -0.0860. The number of halogens is 1. The maximum Gasteiger partial charge on any atom is 0.469 e. The van der Waals surface area contributed by atoms with E-state index in [1.807, 2.05) is 0 Å². The van der Waals surface area contributed by atoms with Crippen molar-refractivity contribution in [3.05, 3.63) is 0 Å². The van der Waals surface area contributed by atoms with Crippen molar-refractivity contribution < 1.29 is 38.3 Å². The lowest BCUT2D eigenvalue weighted by Gasteiger charge is -2.13. The zero-order valence-corrected chi connectivity index (χ0v) is 8.25. The predicted octanol–water partition coefficient (Wildman–Crippen LogP) is -1.50. The number of hydrogen-bond donors (Lipinski definition) is 5. The maximum absolute atomic E-state index is 13.1. The summed E-state index contributed by atoms with van der Waals surface area (Å²) in [5.41, 5.74) is 1.51. The maximum atomic E-state index is 13.1. The molecule has 1 fully saturated rings. The van der Waals surface area contributed by atoms with Gasteiger partial charge in [0.05, 0.1) is 6.61 Å². The van der Waals surface area contributed by atoms with Crippen LogP contribution in [-0.2, 0) is 13.8 Å². The Balaban J connectivity index is 2.47. The smallest absolute Gasteiger partial charge is 0.386 e. The average Bonchev–Trinajstić information content (AvgIpc) is 2.40. The molecule has 0 aromatic rings. The number of rotatable bonds is 4. The standard InChI is InChI=1S/C5H11FNO7P/c6-3-2(1-13-15(10,11)12)14-5(7-9)4(3)8/h2-5,7-9H,1H2,(H2,10,11,12)/t2-,3?,4?,5-/m1/s1. The third-order valence-electron chi connectivity index (χ3n) is 1.85. The van der Waals surface area contributed by atoms with Crippen LogP contribution in [-0.4, -0.2) is 51.3 Å². The lowest BCUT2D eigenvalue weighted by atomic mass is 10.2. The number of ether oxygens (including phenoxy) is 1. The number of nitrogens with one attached hydrogen (secondary N) is 1. The first-order valence-corrected chi connectivity index (χ1v) is 5.45. The summed E-state index contributed by atoms with van der Waals surface area (Å²) in [6.45, 7) is -0.722. The van der Waals surface area contributed by atoms with Crippen LogP contribution in [0.25, 0.3) is 0 Å². The molecule has 5 N–H and O–H groups in total. The molecule has 10 heteroatoms. The molecule has 1 aliphatic rings. The molecule has 0 aromatic carbocycles. The van der Waals surface area contributed by atoms with E-state index in [0.717, 1.165) is 0 Å². The Bertz CT molecular complexity index is 260. The monoisotopic (exact) mass is 247 g/mol. The van der Waals surface area contributed by atoms with Crippen molar-refractivity contribution in [2.45, 2.75) is 24.6 Å². The van der Waals surface area contributed by atoms with Gasteiger partial charge in [0, 0.05) is 0 Å². The Morgan fingerprint density at radius 2 is 2.13 bits per heavy atom. The number of phosphoric ester groups is 1. The quantitative estimate of drug-likeness (QED) is 0.300. The third kappa shape index (κ3) is 3.44. The van der Waals surface area contributed by atoms with Gasteiger partial charge in [0.2, 0.25) is 0 Å². The Hall–Kier alpha value is -0.120. The SMILES string of the molecule is O=P(O)(O)OC[C@H]1O[C@@H](NO)C(O)C1F. The van der Waals surface area contributed by atoms with Crippen molar-refractivity contribution in [2.75, 3.05) is 6.61 Å². The summed E-state index contributed by atoms with van der Waals surface area (Å²) in [4.78, 5) is 16.7. The van der Waals surface area contributed by atoms with Crippen molar-refractivity contribution in [3.63, 3.8) is 0 Å². The number of hydroxylamine groups is 1.